The number of hydrazone groups is 1. The number of thiophene rings is 1. The van der Waals surface area contributed by atoms with Gasteiger partial charge in [0.25, 0.3) is 15.9 Å². The number of carboxylic acid groups (broad SMARTS) is 1. The molecule has 13 heteroatoms. The van der Waals surface area contributed by atoms with Gasteiger partial charge in [-0.25, -0.2) is 23.0 Å². The van der Waals surface area contributed by atoms with Crippen LogP contribution in [-0.2, 0) is 14.8 Å². The van der Waals surface area contributed by atoms with Crippen LogP contribution in [0, 0.1) is 5.82 Å². The predicted octanol–water partition coefficient (Wildman–Crippen LogP) is 3.96. The lowest BCUT2D eigenvalue weighted by molar-refractivity contribution is -0.144. The summed E-state index contributed by atoms with van der Waals surface area (Å²) >= 11 is 6.98. The van der Waals surface area contributed by atoms with Gasteiger partial charge in [0.05, 0.1) is 17.5 Å². The molecule has 3 aromatic rings. The zero-order valence-electron chi connectivity index (χ0n) is 17.4. The van der Waals surface area contributed by atoms with Crippen molar-refractivity contribution in [2.24, 2.45) is 5.10 Å². The number of rotatable bonds is 9. The highest BCUT2D eigenvalue weighted by Crippen LogP contribution is 2.26. The number of sulfonamides is 1. The average molecular weight is 526 g/mol. The highest BCUT2D eigenvalue weighted by Gasteiger charge is 2.20. The van der Waals surface area contributed by atoms with Gasteiger partial charge in [-0.15, -0.1) is 11.3 Å². The number of anilines is 1. The summed E-state index contributed by atoms with van der Waals surface area (Å²) in [7, 11) is -3.93. The van der Waals surface area contributed by atoms with Crippen molar-refractivity contribution in [1.29, 1.82) is 0 Å². The fourth-order valence-corrected chi connectivity index (χ4v) is 4.85. The molecule has 9 nitrogen and oxygen atoms in total. The lowest BCUT2D eigenvalue weighted by Crippen LogP contribution is -2.24. The molecule has 1 atom stereocenters. The third-order valence-electron chi connectivity index (χ3n) is 4.24. The van der Waals surface area contributed by atoms with Crippen molar-refractivity contribution < 1.29 is 32.2 Å². The molecule has 0 bridgehead atoms. The number of amides is 1. The van der Waals surface area contributed by atoms with Crippen LogP contribution in [0.2, 0.25) is 5.02 Å². The maximum Gasteiger partial charge on any atom is 0.344 e. The molecule has 0 fully saturated rings. The molecule has 1 heterocycles. The van der Waals surface area contributed by atoms with Crippen molar-refractivity contribution in [3.05, 3.63) is 75.9 Å². The van der Waals surface area contributed by atoms with Gasteiger partial charge in [-0.1, -0.05) is 23.7 Å². The number of aliphatic carboxylic acids is 1. The molecule has 178 valence electrons. The number of halogens is 2. The minimum Gasteiger partial charge on any atom is -0.479 e. The smallest absolute Gasteiger partial charge is 0.344 e. The highest BCUT2D eigenvalue weighted by atomic mass is 35.5. The quantitative estimate of drug-likeness (QED) is 0.286. The maximum atomic E-state index is 14.2. The number of nitrogens with one attached hydrogen (secondary N) is 2. The van der Waals surface area contributed by atoms with Gasteiger partial charge in [0, 0.05) is 10.6 Å². The SMILES string of the molecule is CC(Oc1c(F)cccc1C=NNC(=O)c1cc(Cl)ccc1NS(=O)(=O)c1cccs1)C(=O)O. The van der Waals surface area contributed by atoms with E-state index in [4.69, 9.17) is 21.4 Å². The molecule has 0 spiro atoms. The van der Waals surface area contributed by atoms with E-state index >= 15 is 0 Å². The molecule has 0 saturated carbocycles. The van der Waals surface area contributed by atoms with Crippen molar-refractivity contribution >= 4 is 56.7 Å². The molecular formula is C21H17ClFN3O6S2. The fourth-order valence-electron chi connectivity index (χ4n) is 2.60. The van der Waals surface area contributed by atoms with Crippen molar-refractivity contribution in [2.45, 2.75) is 17.2 Å². The third-order valence-corrected chi connectivity index (χ3v) is 7.24. The van der Waals surface area contributed by atoms with Gasteiger partial charge in [0.2, 0.25) is 0 Å². The first-order valence-electron chi connectivity index (χ1n) is 9.45. The van der Waals surface area contributed by atoms with E-state index in [0.717, 1.165) is 23.6 Å². The number of nitrogens with zero attached hydrogens (tertiary/aromatic N) is 1. The molecule has 2 aromatic carbocycles. The summed E-state index contributed by atoms with van der Waals surface area (Å²) in [5.74, 6) is -3.27. The molecule has 0 radical (unpaired) electrons. The van der Waals surface area contributed by atoms with Crippen molar-refractivity contribution in [1.82, 2.24) is 5.43 Å². The summed E-state index contributed by atoms with van der Waals surface area (Å²) in [5, 5.41) is 14.5. The van der Waals surface area contributed by atoms with Gasteiger partial charge in [-0.2, -0.15) is 5.10 Å². The van der Waals surface area contributed by atoms with Gasteiger partial charge in [0.15, 0.2) is 17.7 Å². The Labute approximate surface area is 202 Å². The van der Waals surface area contributed by atoms with Crippen molar-refractivity contribution in [3.8, 4) is 5.75 Å². The van der Waals surface area contributed by atoms with E-state index in [-0.39, 0.29) is 31.8 Å². The topological polar surface area (TPSA) is 134 Å². The molecule has 34 heavy (non-hydrogen) atoms. The Hall–Kier alpha value is -3.48. The molecule has 1 unspecified atom stereocenters. The first-order valence-corrected chi connectivity index (χ1v) is 12.2. The number of carboxylic acids is 1. The average Bonchev–Trinajstić information content (AvgIpc) is 3.33. The summed E-state index contributed by atoms with van der Waals surface area (Å²) < 4.78 is 46.8. The predicted molar refractivity (Wildman–Crippen MR) is 126 cm³/mol. The van der Waals surface area contributed by atoms with Crippen molar-refractivity contribution in [2.75, 3.05) is 4.72 Å². The minimum absolute atomic E-state index is 0.0319. The van der Waals surface area contributed by atoms with Crippen LogP contribution in [0.3, 0.4) is 0 Å². The Morgan fingerprint density at radius 3 is 2.68 bits per heavy atom. The van der Waals surface area contributed by atoms with Crippen LogP contribution in [0.5, 0.6) is 5.75 Å². The normalized spacial score (nSPS) is 12.3. The van der Waals surface area contributed by atoms with E-state index < -0.39 is 33.8 Å². The number of carbonyl (C=O) groups excluding carboxylic acids is 1. The van der Waals surface area contributed by atoms with E-state index in [1.54, 1.807) is 11.4 Å². The second kappa shape index (κ2) is 10.6. The Balaban J connectivity index is 1.82. The van der Waals surface area contributed by atoms with Gasteiger partial charge in [-0.3, -0.25) is 9.52 Å². The molecular weight excluding hydrogens is 509 g/mol. The Kier molecular flexibility index (Phi) is 7.87. The molecule has 0 aliphatic rings. The zero-order chi connectivity index (χ0) is 24.9. The van der Waals surface area contributed by atoms with Gasteiger partial charge in [-0.05, 0) is 48.7 Å². The summed E-state index contributed by atoms with van der Waals surface area (Å²) in [6.07, 6.45) is -0.269. The number of benzene rings is 2. The van der Waals surface area contributed by atoms with Gasteiger partial charge >= 0.3 is 5.97 Å². The highest BCUT2D eigenvalue weighted by molar-refractivity contribution is 7.94. The van der Waals surface area contributed by atoms with Crippen LogP contribution < -0.4 is 14.9 Å². The monoisotopic (exact) mass is 525 g/mol. The standard InChI is InChI=1S/C21H17ClFN3O6S2/c1-12(21(28)29)32-19-13(4-2-5-16(19)23)11-24-25-20(27)15-10-14(22)7-8-17(15)26-34(30,31)18-6-3-9-33-18/h2-12,26H,1H3,(H,25,27)(H,28,29). The van der Waals surface area contributed by atoms with Crippen LogP contribution in [0.4, 0.5) is 10.1 Å². The second-order valence-corrected chi connectivity index (χ2v) is 9.98. The third kappa shape index (κ3) is 6.10. The number of ether oxygens (including phenoxy) is 1. The van der Waals surface area contributed by atoms with Gasteiger partial charge in [0.1, 0.15) is 4.21 Å². The van der Waals surface area contributed by atoms with Crippen LogP contribution in [0.1, 0.15) is 22.8 Å². The summed E-state index contributed by atoms with van der Waals surface area (Å²) in [6.45, 7) is 1.23. The largest absolute Gasteiger partial charge is 0.479 e. The Morgan fingerprint density at radius 1 is 1.24 bits per heavy atom. The first kappa shape index (κ1) is 25.1. The van der Waals surface area contributed by atoms with Crippen LogP contribution >= 0.6 is 22.9 Å². The summed E-state index contributed by atoms with van der Waals surface area (Å²) in [4.78, 5) is 23.7. The fraction of sp³-hybridized carbons (Fsp3) is 0.0952. The van der Waals surface area contributed by atoms with E-state index in [0.29, 0.717) is 0 Å². The van der Waals surface area contributed by atoms with E-state index in [9.17, 15) is 22.4 Å². The minimum atomic E-state index is -3.93. The molecule has 0 aliphatic carbocycles. The Bertz CT molecular complexity index is 1350. The van der Waals surface area contributed by atoms with Crippen LogP contribution in [0.15, 0.2) is 63.2 Å². The van der Waals surface area contributed by atoms with E-state index in [1.807, 2.05) is 0 Å². The second-order valence-electron chi connectivity index (χ2n) is 6.68. The molecule has 3 rings (SSSR count). The van der Waals surface area contributed by atoms with E-state index in [1.165, 1.54) is 43.3 Å². The zero-order valence-corrected chi connectivity index (χ0v) is 19.7. The number of carbonyl (C=O) groups is 2. The number of hydrogen-bond acceptors (Lipinski definition) is 7. The summed E-state index contributed by atoms with van der Waals surface area (Å²) in [6, 6.07) is 10.8. The number of hydrogen-bond donors (Lipinski definition) is 3. The molecule has 3 N–H and O–H groups in total. The number of para-hydroxylation sites is 1. The molecule has 1 aromatic heterocycles. The summed E-state index contributed by atoms with van der Waals surface area (Å²) in [5.41, 5.74) is 2.13. The van der Waals surface area contributed by atoms with Crippen LogP contribution in [0.25, 0.3) is 0 Å². The van der Waals surface area contributed by atoms with E-state index in [2.05, 4.69) is 15.2 Å². The van der Waals surface area contributed by atoms with Crippen LogP contribution in [-0.4, -0.2) is 37.7 Å². The lowest BCUT2D eigenvalue weighted by Gasteiger charge is -2.13. The first-order chi connectivity index (χ1) is 16.1. The lowest BCUT2D eigenvalue weighted by atomic mass is 10.2. The maximum absolute atomic E-state index is 14.2. The molecule has 0 saturated heterocycles. The molecule has 0 aliphatic heterocycles. The van der Waals surface area contributed by atoms with Gasteiger partial charge < -0.3 is 9.84 Å². The molecule has 1 amide bonds. The van der Waals surface area contributed by atoms with Crippen molar-refractivity contribution in [3.63, 3.8) is 0 Å². The Morgan fingerprint density at radius 2 is 2.00 bits per heavy atom.